The molecule has 0 radical (unpaired) electrons. The molecule has 0 unspecified atom stereocenters. The first-order valence-electron chi connectivity index (χ1n) is 7.89. The number of carbonyl (C=O) groups is 2. The van der Waals surface area contributed by atoms with Crippen LogP contribution in [0, 0.1) is 0 Å². The summed E-state index contributed by atoms with van der Waals surface area (Å²) in [5.74, 6) is -0.289. The number of ether oxygens (including phenoxy) is 2. The number of cyclic esters (lactones) is 1. The highest BCUT2D eigenvalue weighted by molar-refractivity contribution is 5.75. The number of hydrogen-bond donors (Lipinski definition) is 0. The minimum atomic E-state index is -0.465. The molecular formula is C19H19NO4. The van der Waals surface area contributed by atoms with Crippen molar-refractivity contribution < 1.29 is 19.1 Å². The van der Waals surface area contributed by atoms with Crippen molar-refractivity contribution in [2.75, 3.05) is 6.73 Å². The maximum absolute atomic E-state index is 12.4. The summed E-state index contributed by atoms with van der Waals surface area (Å²) >= 11 is 0. The molecule has 5 nitrogen and oxygen atoms in total. The third-order valence-corrected chi connectivity index (χ3v) is 3.96. The van der Waals surface area contributed by atoms with Crippen LogP contribution in [0.3, 0.4) is 0 Å². The van der Waals surface area contributed by atoms with E-state index >= 15 is 0 Å². The van der Waals surface area contributed by atoms with Gasteiger partial charge < -0.3 is 9.47 Å². The third-order valence-electron chi connectivity index (χ3n) is 3.96. The molecule has 0 aliphatic carbocycles. The van der Waals surface area contributed by atoms with Gasteiger partial charge in [-0.3, -0.25) is 9.69 Å². The fraction of sp³-hybridized carbons (Fsp3) is 0.263. The van der Waals surface area contributed by atoms with Crippen LogP contribution in [-0.4, -0.2) is 29.7 Å². The quantitative estimate of drug-likeness (QED) is 0.810. The summed E-state index contributed by atoms with van der Waals surface area (Å²) in [4.78, 5) is 25.5. The van der Waals surface area contributed by atoms with Crippen LogP contribution < -0.4 is 0 Å². The molecule has 0 spiro atoms. The molecule has 1 fully saturated rings. The summed E-state index contributed by atoms with van der Waals surface area (Å²) in [5, 5.41) is 0. The zero-order valence-electron chi connectivity index (χ0n) is 13.3. The van der Waals surface area contributed by atoms with Gasteiger partial charge in [0.15, 0.2) is 6.73 Å². The van der Waals surface area contributed by atoms with Crippen molar-refractivity contribution in [3.8, 4) is 0 Å². The number of nitrogens with zero attached hydrogens (tertiary/aromatic N) is 1. The van der Waals surface area contributed by atoms with Gasteiger partial charge in [-0.2, -0.15) is 0 Å². The molecule has 1 aliphatic heterocycles. The first-order chi connectivity index (χ1) is 11.7. The van der Waals surface area contributed by atoms with Gasteiger partial charge in [0.1, 0.15) is 6.61 Å². The minimum Gasteiger partial charge on any atom is -0.444 e. The molecule has 1 heterocycles. The van der Waals surface area contributed by atoms with E-state index in [2.05, 4.69) is 0 Å². The molecule has 1 amide bonds. The van der Waals surface area contributed by atoms with Gasteiger partial charge in [-0.25, -0.2) is 4.79 Å². The van der Waals surface area contributed by atoms with Crippen molar-refractivity contribution in [2.45, 2.75) is 25.5 Å². The van der Waals surface area contributed by atoms with Crippen molar-refractivity contribution in [3.05, 3.63) is 71.8 Å². The van der Waals surface area contributed by atoms with Crippen LogP contribution in [0.5, 0.6) is 0 Å². The van der Waals surface area contributed by atoms with Gasteiger partial charge in [-0.05, 0) is 17.5 Å². The van der Waals surface area contributed by atoms with Crippen LogP contribution in [-0.2, 0) is 27.3 Å². The van der Waals surface area contributed by atoms with Gasteiger partial charge in [0.05, 0.1) is 12.5 Å². The normalized spacial score (nSPS) is 17.2. The minimum absolute atomic E-state index is 0.0655. The smallest absolute Gasteiger partial charge is 0.413 e. The summed E-state index contributed by atoms with van der Waals surface area (Å²) < 4.78 is 10.4. The predicted octanol–water partition coefficient (Wildman–Crippen LogP) is 3.14. The monoisotopic (exact) mass is 325 g/mol. The fourth-order valence-corrected chi connectivity index (χ4v) is 2.68. The van der Waals surface area contributed by atoms with E-state index in [1.807, 2.05) is 60.7 Å². The topological polar surface area (TPSA) is 55.8 Å². The Labute approximate surface area is 140 Å². The Kier molecular flexibility index (Phi) is 5.11. The number of amides is 1. The second kappa shape index (κ2) is 7.64. The predicted molar refractivity (Wildman–Crippen MR) is 88.0 cm³/mol. The van der Waals surface area contributed by atoms with Crippen LogP contribution >= 0.6 is 0 Å². The van der Waals surface area contributed by atoms with Crippen molar-refractivity contribution in [1.29, 1.82) is 0 Å². The third kappa shape index (κ3) is 4.13. The Morgan fingerprint density at radius 1 is 1.04 bits per heavy atom. The summed E-state index contributed by atoms with van der Waals surface area (Å²) in [6.07, 6.45) is 0.304. The maximum atomic E-state index is 12.4. The fourth-order valence-electron chi connectivity index (χ4n) is 2.68. The summed E-state index contributed by atoms with van der Waals surface area (Å²) in [7, 11) is 0. The molecule has 0 bridgehead atoms. The highest BCUT2D eigenvalue weighted by atomic mass is 16.6. The Hall–Kier alpha value is -2.82. The van der Waals surface area contributed by atoms with Crippen molar-refractivity contribution in [2.24, 2.45) is 0 Å². The Morgan fingerprint density at radius 3 is 2.33 bits per heavy atom. The average Bonchev–Trinajstić information content (AvgIpc) is 2.62. The Morgan fingerprint density at radius 2 is 1.67 bits per heavy atom. The molecular weight excluding hydrogens is 306 g/mol. The highest BCUT2D eigenvalue weighted by Gasteiger charge is 2.32. The van der Waals surface area contributed by atoms with E-state index in [0.29, 0.717) is 6.42 Å². The van der Waals surface area contributed by atoms with E-state index < -0.39 is 6.09 Å². The second-order valence-electron chi connectivity index (χ2n) is 5.70. The molecule has 124 valence electrons. The molecule has 24 heavy (non-hydrogen) atoms. The maximum Gasteiger partial charge on any atom is 0.413 e. The van der Waals surface area contributed by atoms with Crippen molar-refractivity contribution in [1.82, 2.24) is 4.90 Å². The van der Waals surface area contributed by atoms with Crippen LogP contribution in [0.15, 0.2) is 60.7 Å². The molecule has 0 aromatic heterocycles. The molecule has 0 saturated carbocycles. The lowest BCUT2D eigenvalue weighted by molar-refractivity contribution is -0.157. The molecule has 0 N–H and O–H groups in total. The van der Waals surface area contributed by atoms with E-state index in [1.165, 1.54) is 4.90 Å². The summed E-state index contributed by atoms with van der Waals surface area (Å²) in [6, 6.07) is 19.0. The number of esters is 1. The summed E-state index contributed by atoms with van der Waals surface area (Å²) in [6.45, 7) is 0.131. The first kappa shape index (κ1) is 16.1. The zero-order valence-corrected chi connectivity index (χ0v) is 13.3. The largest absolute Gasteiger partial charge is 0.444 e. The average molecular weight is 325 g/mol. The first-order valence-corrected chi connectivity index (χ1v) is 7.89. The van der Waals surface area contributed by atoms with Gasteiger partial charge in [0.2, 0.25) is 0 Å². The highest BCUT2D eigenvalue weighted by Crippen LogP contribution is 2.19. The van der Waals surface area contributed by atoms with Gasteiger partial charge >= 0.3 is 12.1 Å². The van der Waals surface area contributed by atoms with Crippen LogP contribution in [0.25, 0.3) is 0 Å². The van der Waals surface area contributed by atoms with Crippen LogP contribution in [0.2, 0.25) is 0 Å². The van der Waals surface area contributed by atoms with Gasteiger partial charge in [-0.15, -0.1) is 0 Å². The molecule has 3 rings (SSSR count). The lowest BCUT2D eigenvalue weighted by Crippen LogP contribution is -2.48. The van der Waals surface area contributed by atoms with Crippen molar-refractivity contribution >= 4 is 12.1 Å². The van der Waals surface area contributed by atoms with Crippen LogP contribution in [0.1, 0.15) is 17.5 Å². The Bertz CT molecular complexity index is 687. The van der Waals surface area contributed by atoms with Gasteiger partial charge in [0, 0.05) is 0 Å². The number of hydrogen-bond acceptors (Lipinski definition) is 4. The number of carbonyl (C=O) groups excluding carboxylic acids is 2. The van der Waals surface area contributed by atoms with E-state index in [9.17, 15) is 9.59 Å². The van der Waals surface area contributed by atoms with E-state index in [1.54, 1.807) is 0 Å². The number of rotatable bonds is 4. The standard InChI is InChI=1S/C19H19NO4/c21-18-12-17(11-15-7-3-1-4-8-15)20(14-24-18)19(22)23-13-16-9-5-2-6-10-16/h1-10,17H,11-14H2/t17-/m0/s1. The van der Waals surface area contributed by atoms with E-state index in [4.69, 9.17) is 9.47 Å². The van der Waals surface area contributed by atoms with Crippen LogP contribution in [0.4, 0.5) is 4.79 Å². The van der Waals surface area contributed by atoms with E-state index in [0.717, 1.165) is 11.1 Å². The zero-order chi connectivity index (χ0) is 16.8. The van der Waals surface area contributed by atoms with Gasteiger partial charge in [0.25, 0.3) is 0 Å². The molecule has 1 saturated heterocycles. The molecule has 2 aromatic carbocycles. The van der Waals surface area contributed by atoms with Gasteiger partial charge in [-0.1, -0.05) is 60.7 Å². The molecule has 5 heteroatoms. The SMILES string of the molecule is O=C1C[C@H](Cc2ccccc2)N(C(=O)OCc2ccccc2)CO1. The lowest BCUT2D eigenvalue weighted by atomic mass is 10.0. The molecule has 2 aromatic rings. The van der Waals surface area contributed by atoms with E-state index in [-0.39, 0.29) is 31.8 Å². The molecule has 1 atom stereocenters. The second-order valence-corrected chi connectivity index (χ2v) is 5.70. The lowest BCUT2D eigenvalue weighted by Gasteiger charge is -2.33. The van der Waals surface area contributed by atoms with Crippen molar-refractivity contribution in [3.63, 3.8) is 0 Å². The Balaban J connectivity index is 1.64. The number of benzene rings is 2. The summed E-state index contributed by atoms with van der Waals surface area (Å²) in [5.41, 5.74) is 1.98. The molecule has 1 aliphatic rings.